The highest BCUT2D eigenvalue weighted by atomic mass is 16.7. The number of hydrazine groups is 1. The van der Waals surface area contributed by atoms with E-state index in [1.807, 2.05) is 30.3 Å². The smallest absolute Gasteiger partial charge is 0.256 e. The second-order valence-electron chi connectivity index (χ2n) is 7.84. The number of methoxy groups -OCH3 is 2. The molecule has 0 aromatic heterocycles. The lowest BCUT2D eigenvalue weighted by atomic mass is 10.0. The van der Waals surface area contributed by atoms with Crippen molar-refractivity contribution in [3.8, 4) is 0 Å². The second-order valence-corrected chi connectivity index (χ2v) is 7.84. The van der Waals surface area contributed by atoms with Crippen molar-refractivity contribution in [1.82, 2.24) is 15.6 Å². The highest BCUT2D eigenvalue weighted by Gasteiger charge is 2.36. The Hall–Kier alpha value is -3.27. The minimum Gasteiger partial charge on any atom is -0.352 e. The first-order chi connectivity index (χ1) is 16.0. The summed E-state index contributed by atoms with van der Waals surface area (Å²) in [6, 6.07) is 14.7. The number of likely N-dealkylation sites (tertiary alicyclic amines) is 1. The molecule has 0 unspecified atom stereocenters. The minimum atomic E-state index is -0.846. The lowest BCUT2D eigenvalue weighted by Crippen LogP contribution is -2.54. The Bertz CT molecular complexity index is 947. The van der Waals surface area contributed by atoms with Gasteiger partial charge in [0.25, 0.3) is 11.8 Å². The molecule has 1 aliphatic heterocycles. The Morgan fingerprint density at radius 2 is 1.73 bits per heavy atom. The normalized spacial score (nSPS) is 16.5. The van der Waals surface area contributed by atoms with Crippen molar-refractivity contribution in [2.75, 3.05) is 20.8 Å². The van der Waals surface area contributed by atoms with Gasteiger partial charge in [-0.15, -0.1) is 0 Å². The van der Waals surface area contributed by atoms with Crippen LogP contribution in [-0.2, 0) is 25.5 Å². The zero-order chi connectivity index (χ0) is 23.8. The van der Waals surface area contributed by atoms with Crippen LogP contribution in [0.3, 0.4) is 0 Å². The van der Waals surface area contributed by atoms with Crippen LogP contribution in [0.4, 0.5) is 0 Å². The van der Waals surface area contributed by atoms with Gasteiger partial charge in [-0.05, 0) is 30.5 Å². The van der Waals surface area contributed by atoms with Gasteiger partial charge in [-0.1, -0.05) is 42.5 Å². The molecule has 2 aromatic rings. The average molecular weight is 455 g/mol. The molecule has 3 amide bonds. The lowest BCUT2D eigenvalue weighted by molar-refractivity contribution is -0.131. The summed E-state index contributed by atoms with van der Waals surface area (Å²) in [7, 11) is 3.08. The molecule has 9 heteroatoms. The molecule has 4 N–H and O–H groups in total. The van der Waals surface area contributed by atoms with Gasteiger partial charge in [-0.25, -0.2) is 5.84 Å². The Morgan fingerprint density at radius 3 is 2.33 bits per heavy atom. The highest BCUT2D eigenvalue weighted by Crippen LogP contribution is 2.23. The summed E-state index contributed by atoms with van der Waals surface area (Å²) in [5.74, 6) is 4.22. The quantitative estimate of drug-likeness (QED) is 0.227. The third-order valence-corrected chi connectivity index (χ3v) is 5.73. The maximum absolute atomic E-state index is 13.1. The summed E-state index contributed by atoms with van der Waals surface area (Å²) < 4.78 is 10.5. The summed E-state index contributed by atoms with van der Waals surface area (Å²) in [4.78, 5) is 40.0. The summed E-state index contributed by atoms with van der Waals surface area (Å²) in [5, 5.41) is 2.78. The second kappa shape index (κ2) is 11.6. The molecule has 1 aliphatic rings. The zero-order valence-corrected chi connectivity index (χ0v) is 18.8. The van der Waals surface area contributed by atoms with Crippen molar-refractivity contribution >= 4 is 17.7 Å². The van der Waals surface area contributed by atoms with Gasteiger partial charge >= 0.3 is 0 Å². The molecule has 33 heavy (non-hydrogen) atoms. The van der Waals surface area contributed by atoms with Crippen LogP contribution < -0.4 is 16.6 Å². The molecule has 3 rings (SSSR count). The van der Waals surface area contributed by atoms with E-state index < -0.39 is 24.3 Å². The lowest BCUT2D eigenvalue weighted by Gasteiger charge is -2.26. The monoisotopic (exact) mass is 454 g/mol. The van der Waals surface area contributed by atoms with Crippen molar-refractivity contribution in [2.24, 2.45) is 5.84 Å². The molecule has 1 heterocycles. The van der Waals surface area contributed by atoms with Gasteiger partial charge in [-0.3, -0.25) is 19.8 Å². The first-order valence-corrected chi connectivity index (χ1v) is 10.8. The number of nitrogens with zero attached hydrogens (tertiary/aromatic N) is 1. The molecule has 0 saturated carbocycles. The van der Waals surface area contributed by atoms with Crippen LogP contribution in [0.25, 0.3) is 0 Å². The van der Waals surface area contributed by atoms with E-state index in [0.717, 1.165) is 11.1 Å². The van der Waals surface area contributed by atoms with Crippen LogP contribution in [0.2, 0.25) is 0 Å². The molecule has 0 radical (unpaired) electrons. The van der Waals surface area contributed by atoms with Crippen molar-refractivity contribution in [2.45, 2.75) is 37.6 Å². The van der Waals surface area contributed by atoms with Gasteiger partial charge < -0.3 is 19.7 Å². The highest BCUT2D eigenvalue weighted by molar-refractivity contribution is 5.98. The summed E-state index contributed by atoms with van der Waals surface area (Å²) >= 11 is 0. The average Bonchev–Trinajstić information content (AvgIpc) is 3.35. The van der Waals surface area contributed by atoms with Gasteiger partial charge in [0.05, 0.1) is 0 Å². The first kappa shape index (κ1) is 24.4. The fraction of sp³-hybridized carbons (Fsp3) is 0.375. The van der Waals surface area contributed by atoms with E-state index >= 15 is 0 Å². The maximum Gasteiger partial charge on any atom is 0.256 e. The Balaban J connectivity index is 1.70. The molecular formula is C24H30N4O5. The number of carbonyl (C=O) groups is 3. The number of rotatable bonds is 9. The van der Waals surface area contributed by atoms with E-state index in [-0.39, 0.29) is 18.2 Å². The SMILES string of the molecule is COC(OC)c1ccc(C(=O)N2CCC[C@@H]2C(=O)N[C@H](Cc2ccccc2)C(=O)NN)cc1. The van der Waals surface area contributed by atoms with E-state index in [2.05, 4.69) is 10.7 Å². The fourth-order valence-electron chi connectivity index (χ4n) is 4.03. The molecule has 2 aromatic carbocycles. The largest absolute Gasteiger partial charge is 0.352 e. The molecule has 0 aliphatic carbocycles. The Morgan fingerprint density at radius 1 is 1.06 bits per heavy atom. The predicted octanol–water partition coefficient (Wildman–Crippen LogP) is 1.30. The molecule has 176 valence electrons. The number of carbonyl (C=O) groups excluding carboxylic acids is 3. The Labute approximate surface area is 193 Å². The number of nitrogens with one attached hydrogen (secondary N) is 2. The number of hydrogen-bond acceptors (Lipinski definition) is 6. The van der Waals surface area contributed by atoms with E-state index in [4.69, 9.17) is 15.3 Å². The molecule has 9 nitrogen and oxygen atoms in total. The Kier molecular flexibility index (Phi) is 8.53. The van der Waals surface area contributed by atoms with Gasteiger partial charge in [-0.2, -0.15) is 0 Å². The van der Waals surface area contributed by atoms with Crippen LogP contribution in [-0.4, -0.2) is 55.5 Å². The third kappa shape index (κ3) is 5.95. The zero-order valence-electron chi connectivity index (χ0n) is 18.8. The number of hydrogen-bond donors (Lipinski definition) is 3. The number of ether oxygens (including phenoxy) is 2. The molecule has 2 atom stereocenters. The van der Waals surface area contributed by atoms with Crippen LogP contribution in [0, 0.1) is 0 Å². The minimum absolute atomic E-state index is 0.242. The number of amides is 3. The molecule has 0 bridgehead atoms. The summed E-state index contributed by atoms with van der Waals surface area (Å²) in [5.41, 5.74) is 4.24. The van der Waals surface area contributed by atoms with Gasteiger partial charge in [0.1, 0.15) is 12.1 Å². The van der Waals surface area contributed by atoms with Crippen molar-refractivity contribution < 1.29 is 23.9 Å². The van der Waals surface area contributed by atoms with Gasteiger partial charge in [0.2, 0.25) is 5.91 Å². The predicted molar refractivity (Wildman–Crippen MR) is 122 cm³/mol. The van der Waals surface area contributed by atoms with Crippen LogP contribution >= 0.6 is 0 Å². The van der Waals surface area contributed by atoms with E-state index in [0.29, 0.717) is 24.9 Å². The number of nitrogens with two attached hydrogens (primary N) is 1. The fourth-order valence-corrected chi connectivity index (χ4v) is 4.03. The number of benzene rings is 2. The maximum atomic E-state index is 13.1. The standard InChI is InChI=1S/C24H30N4O5/c1-32-24(33-2)18-12-10-17(11-13-18)23(31)28-14-6-9-20(28)22(30)26-19(21(29)27-25)15-16-7-4-3-5-8-16/h3-5,7-8,10-13,19-20,24H,6,9,14-15,25H2,1-2H3,(H,26,30)(H,27,29)/t19-,20-/m1/s1. The van der Waals surface area contributed by atoms with E-state index in [1.165, 1.54) is 14.2 Å². The van der Waals surface area contributed by atoms with Crippen LogP contribution in [0.1, 0.15) is 40.6 Å². The molecule has 0 spiro atoms. The van der Waals surface area contributed by atoms with Crippen LogP contribution in [0.15, 0.2) is 54.6 Å². The molecular weight excluding hydrogens is 424 g/mol. The van der Waals surface area contributed by atoms with Crippen molar-refractivity contribution in [1.29, 1.82) is 0 Å². The third-order valence-electron chi connectivity index (χ3n) is 5.73. The topological polar surface area (TPSA) is 123 Å². The van der Waals surface area contributed by atoms with E-state index in [1.54, 1.807) is 29.2 Å². The van der Waals surface area contributed by atoms with Gasteiger partial charge in [0, 0.05) is 38.3 Å². The van der Waals surface area contributed by atoms with Crippen molar-refractivity contribution in [3.05, 3.63) is 71.3 Å². The van der Waals surface area contributed by atoms with Crippen LogP contribution in [0.5, 0.6) is 0 Å². The van der Waals surface area contributed by atoms with Crippen molar-refractivity contribution in [3.63, 3.8) is 0 Å². The summed E-state index contributed by atoms with van der Waals surface area (Å²) in [6.45, 7) is 0.462. The van der Waals surface area contributed by atoms with Gasteiger partial charge in [0.15, 0.2) is 6.29 Å². The summed E-state index contributed by atoms with van der Waals surface area (Å²) in [6.07, 6.45) is 0.990. The molecule has 1 fully saturated rings. The van der Waals surface area contributed by atoms with E-state index in [9.17, 15) is 14.4 Å². The first-order valence-electron chi connectivity index (χ1n) is 10.8. The molecule has 1 saturated heterocycles.